The fourth-order valence-corrected chi connectivity index (χ4v) is 3.14. The summed E-state index contributed by atoms with van der Waals surface area (Å²) in [5.41, 5.74) is 1.58. The molecule has 0 radical (unpaired) electrons. The van der Waals surface area contributed by atoms with Crippen LogP contribution in [0.2, 0.25) is 0 Å². The van der Waals surface area contributed by atoms with Crippen LogP contribution in [0.4, 0.5) is 23.2 Å². The van der Waals surface area contributed by atoms with Crippen LogP contribution in [0.15, 0.2) is 12.1 Å². The molecule has 0 saturated carbocycles. The van der Waals surface area contributed by atoms with Crippen molar-refractivity contribution >= 4 is 5.69 Å². The largest absolute Gasteiger partial charge is 0.409 e. The lowest BCUT2D eigenvalue weighted by Gasteiger charge is -2.42. The van der Waals surface area contributed by atoms with Crippen LogP contribution in [-0.2, 0) is 0 Å². The number of hydrogen-bond acceptors (Lipinski definition) is 2. The molecule has 0 aliphatic carbocycles. The van der Waals surface area contributed by atoms with Gasteiger partial charge >= 0.3 is 6.18 Å². The summed E-state index contributed by atoms with van der Waals surface area (Å²) in [5.74, 6) is -0.426. The van der Waals surface area contributed by atoms with Crippen molar-refractivity contribution in [2.45, 2.75) is 38.9 Å². The van der Waals surface area contributed by atoms with Gasteiger partial charge in [0.05, 0.1) is 0 Å². The van der Waals surface area contributed by atoms with E-state index in [1.165, 1.54) is 11.0 Å². The van der Waals surface area contributed by atoms with Crippen molar-refractivity contribution < 1.29 is 17.6 Å². The number of rotatable bonds is 2. The SMILES string of the molecule is Cc1cc(N2CCN(C)CC2C(F)(F)F)cc(F)c1C(C)C. The molecular weight excluding hydrogens is 296 g/mol. The highest BCUT2D eigenvalue weighted by Gasteiger charge is 2.46. The predicted octanol–water partition coefficient (Wildman–Crippen LogP) is 3.94. The number of aryl methyl sites for hydroxylation is 1. The molecule has 1 atom stereocenters. The lowest BCUT2D eigenvalue weighted by Crippen LogP contribution is -2.58. The van der Waals surface area contributed by atoms with Crippen LogP contribution in [0.3, 0.4) is 0 Å². The molecule has 1 aliphatic heterocycles. The number of piperazine rings is 1. The summed E-state index contributed by atoms with van der Waals surface area (Å²) in [6.07, 6.45) is -4.34. The van der Waals surface area contributed by atoms with E-state index in [0.29, 0.717) is 23.4 Å². The number of hydrogen-bond donors (Lipinski definition) is 0. The van der Waals surface area contributed by atoms with Crippen LogP contribution in [-0.4, -0.2) is 43.8 Å². The molecule has 124 valence electrons. The Morgan fingerprint density at radius 2 is 1.82 bits per heavy atom. The van der Waals surface area contributed by atoms with E-state index in [0.717, 1.165) is 0 Å². The smallest absolute Gasteiger partial charge is 0.357 e. The van der Waals surface area contributed by atoms with E-state index < -0.39 is 18.0 Å². The average molecular weight is 318 g/mol. The number of nitrogens with zero attached hydrogens (tertiary/aromatic N) is 2. The van der Waals surface area contributed by atoms with E-state index >= 15 is 0 Å². The van der Waals surface area contributed by atoms with Crippen molar-refractivity contribution in [3.63, 3.8) is 0 Å². The molecule has 0 amide bonds. The number of likely N-dealkylation sites (N-methyl/N-ethyl adjacent to an activating group) is 1. The lowest BCUT2D eigenvalue weighted by atomic mass is 9.96. The van der Waals surface area contributed by atoms with E-state index in [4.69, 9.17) is 0 Å². The molecule has 1 fully saturated rings. The van der Waals surface area contributed by atoms with E-state index in [-0.39, 0.29) is 19.0 Å². The van der Waals surface area contributed by atoms with Gasteiger partial charge in [-0.1, -0.05) is 13.8 Å². The minimum absolute atomic E-state index is 0.0000442. The molecule has 1 unspecified atom stereocenters. The third-order valence-electron chi connectivity index (χ3n) is 4.19. The highest BCUT2D eigenvalue weighted by Crippen LogP contribution is 2.34. The van der Waals surface area contributed by atoms with Crippen molar-refractivity contribution in [1.82, 2.24) is 4.90 Å². The predicted molar refractivity (Wildman–Crippen MR) is 79.9 cm³/mol. The van der Waals surface area contributed by atoms with Gasteiger partial charge in [-0.05, 0) is 43.1 Å². The van der Waals surface area contributed by atoms with Gasteiger partial charge in [0.1, 0.15) is 11.9 Å². The lowest BCUT2D eigenvalue weighted by molar-refractivity contribution is -0.155. The van der Waals surface area contributed by atoms with E-state index in [1.54, 1.807) is 24.9 Å². The van der Waals surface area contributed by atoms with Crippen molar-refractivity contribution in [3.8, 4) is 0 Å². The van der Waals surface area contributed by atoms with Crippen molar-refractivity contribution in [2.24, 2.45) is 0 Å². The van der Waals surface area contributed by atoms with E-state index in [1.807, 2.05) is 13.8 Å². The second kappa shape index (κ2) is 6.07. The van der Waals surface area contributed by atoms with Crippen molar-refractivity contribution in [1.29, 1.82) is 0 Å². The zero-order chi connectivity index (χ0) is 16.7. The van der Waals surface area contributed by atoms with Gasteiger partial charge in [0.2, 0.25) is 0 Å². The summed E-state index contributed by atoms with van der Waals surface area (Å²) in [6, 6.07) is 1.31. The maximum absolute atomic E-state index is 14.3. The molecule has 1 aliphatic rings. The Hall–Kier alpha value is -1.30. The topological polar surface area (TPSA) is 6.48 Å². The third kappa shape index (κ3) is 3.37. The quantitative estimate of drug-likeness (QED) is 0.762. The molecule has 1 aromatic rings. The highest BCUT2D eigenvalue weighted by molar-refractivity contribution is 5.53. The van der Waals surface area contributed by atoms with Crippen LogP contribution >= 0.6 is 0 Å². The second-order valence-electron chi connectivity index (χ2n) is 6.33. The monoisotopic (exact) mass is 318 g/mol. The Kier molecular flexibility index (Phi) is 4.70. The van der Waals surface area contributed by atoms with Crippen LogP contribution < -0.4 is 4.90 Å². The fourth-order valence-electron chi connectivity index (χ4n) is 3.14. The molecule has 1 heterocycles. The van der Waals surface area contributed by atoms with Gasteiger partial charge in [0.25, 0.3) is 0 Å². The average Bonchev–Trinajstić information content (AvgIpc) is 2.36. The molecule has 0 aromatic heterocycles. The van der Waals surface area contributed by atoms with Gasteiger partial charge in [-0.2, -0.15) is 13.2 Å². The van der Waals surface area contributed by atoms with Gasteiger partial charge in [-0.25, -0.2) is 4.39 Å². The van der Waals surface area contributed by atoms with E-state index in [2.05, 4.69) is 0 Å². The van der Waals surface area contributed by atoms with Crippen LogP contribution in [0.5, 0.6) is 0 Å². The Balaban J connectivity index is 2.41. The summed E-state index contributed by atoms with van der Waals surface area (Å²) < 4.78 is 54.2. The first-order chi connectivity index (χ1) is 10.1. The Morgan fingerprint density at radius 3 is 2.32 bits per heavy atom. The number of benzene rings is 1. The molecule has 22 heavy (non-hydrogen) atoms. The van der Waals surface area contributed by atoms with Gasteiger partial charge in [0.15, 0.2) is 0 Å². The minimum Gasteiger partial charge on any atom is -0.357 e. The van der Waals surface area contributed by atoms with Crippen LogP contribution in [0.1, 0.15) is 30.9 Å². The molecule has 2 rings (SSSR count). The first-order valence-corrected chi connectivity index (χ1v) is 7.43. The first-order valence-electron chi connectivity index (χ1n) is 7.43. The zero-order valence-electron chi connectivity index (χ0n) is 13.3. The van der Waals surface area contributed by atoms with Gasteiger partial charge in [-0.15, -0.1) is 0 Å². The molecule has 6 heteroatoms. The summed E-state index contributed by atoms with van der Waals surface area (Å²) in [7, 11) is 1.67. The number of alkyl halides is 3. The zero-order valence-corrected chi connectivity index (χ0v) is 13.3. The third-order valence-corrected chi connectivity index (χ3v) is 4.19. The Bertz CT molecular complexity index is 516. The Morgan fingerprint density at radius 1 is 1.18 bits per heavy atom. The first kappa shape index (κ1) is 17.1. The molecular formula is C16H22F4N2. The molecule has 1 aromatic carbocycles. The highest BCUT2D eigenvalue weighted by atomic mass is 19.4. The summed E-state index contributed by atoms with van der Waals surface area (Å²) in [4.78, 5) is 2.93. The minimum atomic E-state index is -4.34. The molecule has 1 saturated heterocycles. The number of halogens is 4. The molecule has 2 nitrogen and oxygen atoms in total. The van der Waals surface area contributed by atoms with Crippen molar-refractivity contribution in [3.05, 3.63) is 29.1 Å². The molecule has 0 spiro atoms. The molecule has 0 bridgehead atoms. The Labute approximate surface area is 128 Å². The van der Waals surface area contributed by atoms with Gasteiger partial charge < -0.3 is 9.80 Å². The van der Waals surface area contributed by atoms with Gasteiger partial charge in [0, 0.05) is 25.3 Å². The van der Waals surface area contributed by atoms with Gasteiger partial charge in [-0.3, -0.25) is 0 Å². The second-order valence-corrected chi connectivity index (χ2v) is 6.33. The maximum Gasteiger partial charge on any atom is 0.409 e. The van der Waals surface area contributed by atoms with Crippen LogP contribution in [0.25, 0.3) is 0 Å². The summed E-state index contributed by atoms with van der Waals surface area (Å²) in [6.45, 7) is 6.16. The van der Waals surface area contributed by atoms with Crippen LogP contribution in [0, 0.1) is 12.7 Å². The summed E-state index contributed by atoms with van der Waals surface area (Å²) in [5, 5.41) is 0. The van der Waals surface area contributed by atoms with Crippen molar-refractivity contribution in [2.75, 3.05) is 31.6 Å². The standard InChI is InChI=1S/C16H22F4N2/c1-10(2)15-11(3)7-12(8-13(15)17)22-6-5-21(4)9-14(22)16(18,19)20/h7-8,10,14H,5-6,9H2,1-4H3. The number of anilines is 1. The normalized spacial score (nSPS) is 20.8. The fraction of sp³-hybridized carbons (Fsp3) is 0.625. The molecule has 0 N–H and O–H groups in total. The summed E-state index contributed by atoms with van der Waals surface area (Å²) >= 11 is 0. The maximum atomic E-state index is 14.3. The van der Waals surface area contributed by atoms with E-state index in [9.17, 15) is 17.6 Å².